The summed E-state index contributed by atoms with van der Waals surface area (Å²) in [7, 11) is 0. The van der Waals surface area contributed by atoms with Gasteiger partial charge in [0.1, 0.15) is 0 Å². The summed E-state index contributed by atoms with van der Waals surface area (Å²) in [6.07, 6.45) is 4.48. The Morgan fingerprint density at radius 2 is 1.95 bits per heavy atom. The number of benzene rings is 1. The number of nitrogens with one attached hydrogen (secondary N) is 2. The van der Waals surface area contributed by atoms with Crippen LogP contribution in [0.4, 0.5) is 4.79 Å². The molecule has 2 aliphatic rings. The van der Waals surface area contributed by atoms with Crippen LogP contribution in [-0.2, 0) is 6.42 Å². The summed E-state index contributed by atoms with van der Waals surface area (Å²) in [6.45, 7) is 4.77. The van der Waals surface area contributed by atoms with Crippen molar-refractivity contribution in [2.24, 2.45) is 5.41 Å². The third kappa shape index (κ3) is 3.56. The molecule has 2 heterocycles. The predicted molar refractivity (Wildman–Crippen MR) is 84.3 cm³/mol. The lowest BCUT2D eigenvalue weighted by Crippen LogP contribution is -2.43. The average molecular weight is 287 g/mol. The Hall–Kier alpha value is -1.55. The van der Waals surface area contributed by atoms with Gasteiger partial charge in [0.2, 0.25) is 0 Å². The summed E-state index contributed by atoms with van der Waals surface area (Å²) in [5.74, 6) is 0. The first-order chi connectivity index (χ1) is 10.3. The van der Waals surface area contributed by atoms with Crippen LogP contribution in [0.15, 0.2) is 30.3 Å². The van der Waals surface area contributed by atoms with Gasteiger partial charge in [0.15, 0.2) is 0 Å². The second-order valence-electron chi connectivity index (χ2n) is 6.39. The normalized spacial score (nSPS) is 20.7. The number of rotatable bonds is 3. The maximum atomic E-state index is 12.3. The number of amides is 2. The lowest BCUT2D eigenvalue weighted by molar-refractivity contribution is 0.183. The summed E-state index contributed by atoms with van der Waals surface area (Å²) in [6, 6.07) is 10.4. The molecule has 0 bridgehead atoms. The van der Waals surface area contributed by atoms with Crippen LogP contribution in [0.2, 0.25) is 0 Å². The van der Waals surface area contributed by atoms with Crippen molar-refractivity contribution in [3.8, 4) is 0 Å². The number of carbonyl (C=O) groups is 1. The predicted octanol–water partition coefficient (Wildman–Crippen LogP) is 2.01. The number of hydrogen-bond acceptors (Lipinski definition) is 2. The molecule has 4 nitrogen and oxygen atoms in total. The van der Waals surface area contributed by atoms with E-state index in [9.17, 15) is 4.79 Å². The van der Waals surface area contributed by atoms with Crippen molar-refractivity contribution in [3.63, 3.8) is 0 Å². The van der Waals surface area contributed by atoms with Gasteiger partial charge in [-0.15, -0.1) is 0 Å². The summed E-state index contributed by atoms with van der Waals surface area (Å²) in [5, 5.41) is 6.48. The third-order valence-corrected chi connectivity index (χ3v) is 4.92. The van der Waals surface area contributed by atoms with E-state index in [0.717, 1.165) is 32.6 Å². The first-order valence-electron chi connectivity index (χ1n) is 8.05. The summed E-state index contributed by atoms with van der Waals surface area (Å²) in [4.78, 5) is 14.3. The van der Waals surface area contributed by atoms with Gasteiger partial charge < -0.3 is 15.5 Å². The molecule has 114 valence electrons. The molecule has 2 amide bonds. The van der Waals surface area contributed by atoms with E-state index in [4.69, 9.17) is 0 Å². The maximum Gasteiger partial charge on any atom is 0.317 e. The van der Waals surface area contributed by atoms with Crippen LogP contribution in [0.5, 0.6) is 0 Å². The molecule has 1 aromatic carbocycles. The van der Waals surface area contributed by atoms with Crippen molar-refractivity contribution in [1.29, 1.82) is 0 Å². The van der Waals surface area contributed by atoms with Crippen LogP contribution in [0.25, 0.3) is 0 Å². The Kier molecular flexibility index (Phi) is 4.44. The first-order valence-corrected chi connectivity index (χ1v) is 8.05. The smallest absolute Gasteiger partial charge is 0.317 e. The van der Waals surface area contributed by atoms with E-state index in [2.05, 4.69) is 22.8 Å². The van der Waals surface area contributed by atoms with E-state index >= 15 is 0 Å². The van der Waals surface area contributed by atoms with Crippen LogP contribution >= 0.6 is 0 Å². The number of piperidine rings is 1. The Morgan fingerprint density at radius 1 is 1.19 bits per heavy atom. The van der Waals surface area contributed by atoms with Crippen LogP contribution in [-0.4, -0.2) is 43.7 Å². The zero-order chi connectivity index (χ0) is 14.5. The van der Waals surface area contributed by atoms with Crippen LogP contribution in [0.3, 0.4) is 0 Å². The molecule has 0 aliphatic carbocycles. The molecule has 0 aromatic heterocycles. The van der Waals surface area contributed by atoms with Crippen LogP contribution in [0.1, 0.15) is 24.8 Å². The lowest BCUT2D eigenvalue weighted by atomic mass is 9.78. The molecule has 2 fully saturated rings. The van der Waals surface area contributed by atoms with Crippen molar-refractivity contribution in [1.82, 2.24) is 15.5 Å². The maximum absolute atomic E-state index is 12.3. The van der Waals surface area contributed by atoms with Crippen molar-refractivity contribution in [2.45, 2.75) is 25.7 Å². The number of hydrogen-bond donors (Lipinski definition) is 2. The van der Waals surface area contributed by atoms with E-state index < -0.39 is 0 Å². The fourth-order valence-electron chi connectivity index (χ4n) is 3.54. The Balaban J connectivity index is 1.44. The van der Waals surface area contributed by atoms with Gasteiger partial charge in [0, 0.05) is 19.6 Å². The minimum atomic E-state index is 0.112. The second-order valence-corrected chi connectivity index (χ2v) is 6.39. The van der Waals surface area contributed by atoms with E-state index in [1.807, 2.05) is 23.1 Å². The molecule has 0 saturated carbocycles. The highest BCUT2D eigenvalue weighted by Crippen LogP contribution is 2.38. The van der Waals surface area contributed by atoms with Crippen LogP contribution < -0.4 is 10.6 Å². The number of nitrogens with zero attached hydrogens (tertiary/aromatic N) is 1. The topological polar surface area (TPSA) is 44.4 Å². The Morgan fingerprint density at radius 3 is 2.71 bits per heavy atom. The third-order valence-electron chi connectivity index (χ3n) is 4.92. The standard InChI is InChI=1S/C17H25N3O/c21-16(19-10-6-15-4-2-1-3-5-15)20-13-9-17(14-20)7-11-18-12-8-17/h1-5,18H,6-14H2,(H,19,21). The zero-order valence-electron chi connectivity index (χ0n) is 12.6. The number of urea groups is 1. The minimum Gasteiger partial charge on any atom is -0.338 e. The molecule has 2 aliphatic heterocycles. The van der Waals surface area contributed by atoms with Gasteiger partial charge in [-0.3, -0.25) is 0 Å². The van der Waals surface area contributed by atoms with Gasteiger partial charge in [-0.2, -0.15) is 0 Å². The summed E-state index contributed by atoms with van der Waals surface area (Å²) >= 11 is 0. The van der Waals surface area contributed by atoms with Gasteiger partial charge in [-0.05, 0) is 49.8 Å². The highest BCUT2D eigenvalue weighted by atomic mass is 16.2. The van der Waals surface area contributed by atoms with Crippen LogP contribution in [0, 0.1) is 5.41 Å². The fraction of sp³-hybridized carbons (Fsp3) is 0.588. The molecular weight excluding hydrogens is 262 g/mol. The van der Waals surface area contributed by atoms with Gasteiger partial charge in [-0.1, -0.05) is 30.3 Å². The van der Waals surface area contributed by atoms with Gasteiger partial charge >= 0.3 is 6.03 Å². The molecule has 0 radical (unpaired) electrons. The van der Waals surface area contributed by atoms with Crippen molar-refractivity contribution >= 4 is 6.03 Å². The minimum absolute atomic E-state index is 0.112. The number of carbonyl (C=O) groups excluding carboxylic acids is 1. The SMILES string of the molecule is O=C(NCCc1ccccc1)N1CCC2(CCNCC2)C1. The highest BCUT2D eigenvalue weighted by Gasteiger charge is 2.40. The van der Waals surface area contributed by atoms with E-state index in [1.165, 1.54) is 24.8 Å². The highest BCUT2D eigenvalue weighted by molar-refractivity contribution is 5.74. The molecule has 0 unspecified atom stereocenters. The number of likely N-dealkylation sites (tertiary alicyclic amines) is 1. The molecular formula is C17H25N3O. The Bertz CT molecular complexity index is 468. The molecule has 1 aromatic rings. The monoisotopic (exact) mass is 287 g/mol. The van der Waals surface area contributed by atoms with E-state index in [-0.39, 0.29) is 6.03 Å². The van der Waals surface area contributed by atoms with E-state index in [1.54, 1.807) is 0 Å². The Labute approximate surface area is 126 Å². The molecule has 3 rings (SSSR count). The largest absolute Gasteiger partial charge is 0.338 e. The first kappa shape index (κ1) is 14.4. The molecule has 0 atom stereocenters. The second kappa shape index (κ2) is 6.48. The molecule has 1 spiro atoms. The quantitative estimate of drug-likeness (QED) is 0.893. The van der Waals surface area contributed by atoms with E-state index in [0.29, 0.717) is 12.0 Å². The zero-order valence-corrected chi connectivity index (χ0v) is 12.6. The summed E-state index contributed by atoms with van der Waals surface area (Å²) < 4.78 is 0. The molecule has 4 heteroatoms. The van der Waals surface area contributed by atoms with Gasteiger partial charge in [0.25, 0.3) is 0 Å². The van der Waals surface area contributed by atoms with Crippen molar-refractivity contribution in [3.05, 3.63) is 35.9 Å². The van der Waals surface area contributed by atoms with Crippen molar-refractivity contribution < 1.29 is 4.79 Å². The van der Waals surface area contributed by atoms with Crippen molar-refractivity contribution in [2.75, 3.05) is 32.7 Å². The summed E-state index contributed by atoms with van der Waals surface area (Å²) in [5.41, 5.74) is 1.66. The molecule has 2 saturated heterocycles. The van der Waals surface area contributed by atoms with Gasteiger partial charge in [-0.25, -0.2) is 4.79 Å². The lowest BCUT2D eigenvalue weighted by Gasteiger charge is -2.33. The van der Waals surface area contributed by atoms with Gasteiger partial charge in [0.05, 0.1) is 0 Å². The molecule has 2 N–H and O–H groups in total. The fourth-order valence-corrected chi connectivity index (χ4v) is 3.54. The average Bonchev–Trinajstić information content (AvgIpc) is 2.93. The molecule has 21 heavy (non-hydrogen) atoms.